The zero-order valence-electron chi connectivity index (χ0n) is 35.5. The van der Waals surface area contributed by atoms with Crippen molar-refractivity contribution in [2.24, 2.45) is 0 Å². The van der Waals surface area contributed by atoms with E-state index >= 15 is 0 Å². The van der Waals surface area contributed by atoms with Crippen LogP contribution in [0.4, 0.5) is 0 Å². The van der Waals surface area contributed by atoms with Crippen molar-refractivity contribution in [3.05, 3.63) is 224 Å². The van der Waals surface area contributed by atoms with Crippen molar-refractivity contribution in [2.45, 2.75) is 19.3 Å². The number of benzene rings is 8. The molecule has 64 heavy (non-hydrogen) atoms. The van der Waals surface area contributed by atoms with Gasteiger partial charge in [0, 0.05) is 50.8 Å². The lowest BCUT2D eigenvalue weighted by Gasteiger charge is -2.23. The van der Waals surface area contributed by atoms with Gasteiger partial charge in [0.15, 0.2) is 5.82 Å². The van der Waals surface area contributed by atoms with Crippen molar-refractivity contribution in [3.63, 3.8) is 0 Å². The molecule has 0 bridgehead atoms. The van der Waals surface area contributed by atoms with Crippen LogP contribution in [0.25, 0.3) is 111 Å². The Balaban J connectivity index is 1.04. The summed E-state index contributed by atoms with van der Waals surface area (Å²) in [5, 5.41) is 2.20. The molecule has 0 aliphatic heterocycles. The van der Waals surface area contributed by atoms with Gasteiger partial charge >= 0.3 is 0 Å². The van der Waals surface area contributed by atoms with Crippen LogP contribution in [0.1, 0.15) is 25.0 Å². The molecule has 4 heteroatoms. The van der Waals surface area contributed by atoms with E-state index in [-0.39, 0.29) is 5.41 Å². The second-order valence-electron chi connectivity index (χ2n) is 17.2. The van der Waals surface area contributed by atoms with E-state index in [0.717, 1.165) is 89.0 Å². The minimum Gasteiger partial charge on any atom is -0.456 e. The van der Waals surface area contributed by atoms with Crippen LogP contribution in [-0.4, -0.2) is 15.0 Å². The molecule has 4 nitrogen and oxygen atoms in total. The van der Waals surface area contributed by atoms with Crippen LogP contribution >= 0.6 is 0 Å². The Morgan fingerprint density at radius 2 is 1.02 bits per heavy atom. The van der Waals surface area contributed by atoms with Gasteiger partial charge in [0.1, 0.15) is 11.2 Å². The van der Waals surface area contributed by atoms with Crippen molar-refractivity contribution < 1.29 is 4.42 Å². The molecule has 12 rings (SSSR count). The van der Waals surface area contributed by atoms with Gasteiger partial charge in [-0.25, -0.2) is 9.97 Å². The number of aromatic nitrogens is 3. The van der Waals surface area contributed by atoms with Gasteiger partial charge in [-0.1, -0.05) is 159 Å². The van der Waals surface area contributed by atoms with Crippen LogP contribution in [0, 0.1) is 0 Å². The van der Waals surface area contributed by atoms with Gasteiger partial charge in [-0.3, -0.25) is 4.98 Å². The monoisotopic (exact) mass is 819 g/mol. The highest BCUT2D eigenvalue weighted by Crippen LogP contribution is 2.54. The Labute approximate surface area is 372 Å². The molecule has 3 aromatic heterocycles. The first-order valence-corrected chi connectivity index (χ1v) is 21.8. The zero-order chi connectivity index (χ0) is 42.8. The van der Waals surface area contributed by atoms with E-state index < -0.39 is 0 Å². The molecular weight excluding hydrogens is 779 g/mol. The number of fused-ring (bicyclic) bond motifs is 6. The average Bonchev–Trinajstić information content (AvgIpc) is 3.85. The van der Waals surface area contributed by atoms with Crippen molar-refractivity contribution in [1.82, 2.24) is 15.0 Å². The third kappa shape index (κ3) is 6.34. The molecule has 0 saturated carbocycles. The third-order valence-electron chi connectivity index (χ3n) is 13.0. The standard InChI is InChI=1S/C60H41N3O/c1-60(2)51-24-11-9-23-49(51)58-52(60)28-27-47(57(58)43-21-14-30-61-37-43)41-19-13-20-42(31-41)53-36-54(63-59(62-53)39-17-7-4-8-18-39)46-33-44(38-15-5-3-6-16-38)32-45(34-46)40-26-29-56-50(35-40)48-22-10-12-25-55(48)64-56/h3-37H,1-2H3. The van der Waals surface area contributed by atoms with E-state index in [1.165, 1.54) is 27.8 Å². The lowest BCUT2D eigenvalue weighted by Crippen LogP contribution is -2.14. The molecular formula is C60H41N3O. The second-order valence-corrected chi connectivity index (χ2v) is 17.2. The van der Waals surface area contributed by atoms with E-state index in [4.69, 9.17) is 14.4 Å². The summed E-state index contributed by atoms with van der Waals surface area (Å²) in [6.45, 7) is 4.67. The molecule has 11 aromatic rings. The molecule has 0 saturated heterocycles. The Hall–Kier alpha value is -8.21. The Morgan fingerprint density at radius 3 is 1.83 bits per heavy atom. The van der Waals surface area contributed by atoms with Crippen molar-refractivity contribution >= 4 is 21.9 Å². The molecule has 3 heterocycles. The topological polar surface area (TPSA) is 51.8 Å². The van der Waals surface area contributed by atoms with Crippen LogP contribution in [-0.2, 0) is 5.41 Å². The van der Waals surface area contributed by atoms with Gasteiger partial charge in [0.25, 0.3) is 0 Å². The normalized spacial score (nSPS) is 12.7. The lowest BCUT2D eigenvalue weighted by atomic mass is 9.80. The number of nitrogens with zero attached hydrogens (tertiary/aromatic N) is 3. The maximum absolute atomic E-state index is 6.23. The van der Waals surface area contributed by atoms with E-state index in [1.54, 1.807) is 0 Å². The molecule has 0 fully saturated rings. The number of furan rings is 1. The molecule has 0 unspecified atom stereocenters. The highest BCUT2D eigenvalue weighted by atomic mass is 16.3. The van der Waals surface area contributed by atoms with E-state index in [2.05, 4.69) is 183 Å². The maximum atomic E-state index is 6.23. The number of pyridine rings is 1. The first-order valence-electron chi connectivity index (χ1n) is 21.8. The fraction of sp³-hybridized carbons (Fsp3) is 0.0500. The van der Waals surface area contributed by atoms with Crippen molar-refractivity contribution in [2.75, 3.05) is 0 Å². The molecule has 1 aliphatic carbocycles. The molecule has 0 radical (unpaired) electrons. The number of hydrogen-bond acceptors (Lipinski definition) is 4. The van der Waals surface area contributed by atoms with Gasteiger partial charge in [-0.15, -0.1) is 0 Å². The largest absolute Gasteiger partial charge is 0.456 e. The number of hydrogen-bond donors (Lipinski definition) is 0. The first kappa shape index (κ1) is 37.5. The average molecular weight is 820 g/mol. The molecule has 1 aliphatic rings. The zero-order valence-corrected chi connectivity index (χ0v) is 35.5. The summed E-state index contributed by atoms with van der Waals surface area (Å²) in [5.41, 5.74) is 20.5. The highest BCUT2D eigenvalue weighted by molar-refractivity contribution is 6.06. The molecule has 0 spiro atoms. The van der Waals surface area contributed by atoms with Gasteiger partial charge < -0.3 is 4.42 Å². The SMILES string of the molecule is CC1(C)c2ccccc2-c2c1ccc(-c1cccc(-c3cc(-c4cc(-c5ccccc5)cc(-c5ccc6oc7ccccc7c6c5)c4)nc(-c4ccccc4)n3)c1)c2-c1cccnc1. The predicted octanol–water partition coefficient (Wildman–Crippen LogP) is 15.7. The summed E-state index contributed by atoms with van der Waals surface area (Å²) >= 11 is 0. The van der Waals surface area contributed by atoms with Crippen LogP contribution in [0.5, 0.6) is 0 Å². The summed E-state index contributed by atoms with van der Waals surface area (Å²) in [7, 11) is 0. The number of rotatable bonds is 7. The predicted molar refractivity (Wildman–Crippen MR) is 263 cm³/mol. The summed E-state index contributed by atoms with van der Waals surface area (Å²) in [6, 6.07) is 71.0. The van der Waals surface area contributed by atoms with Gasteiger partial charge in [-0.2, -0.15) is 0 Å². The maximum Gasteiger partial charge on any atom is 0.160 e. The van der Waals surface area contributed by atoms with Crippen molar-refractivity contribution in [3.8, 4) is 89.5 Å². The van der Waals surface area contributed by atoms with Gasteiger partial charge in [0.05, 0.1) is 11.4 Å². The second kappa shape index (κ2) is 15.0. The van der Waals surface area contributed by atoms with Crippen LogP contribution in [0.15, 0.2) is 217 Å². The Kier molecular flexibility index (Phi) is 8.80. The quantitative estimate of drug-likeness (QED) is 0.161. The fourth-order valence-electron chi connectivity index (χ4n) is 9.80. The smallest absolute Gasteiger partial charge is 0.160 e. The van der Waals surface area contributed by atoms with E-state index in [9.17, 15) is 0 Å². The van der Waals surface area contributed by atoms with E-state index in [1.807, 2.05) is 48.8 Å². The Morgan fingerprint density at radius 1 is 0.375 bits per heavy atom. The van der Waals surface area contributed by atoms with Crippen LogP contribution in [0.3, 0.4) is 0 Å². The Bertz CT molecular complexity index is 3570. The summed E-state index contributed by atoms with van der Waals surface area (Å²) < 4.78 is 6.23. The van der Waals surface area contributed by atoms with Crippen LogP contribution < -0.4 is 0 Å². The summed E-state index contributed by atoms with van der Waals surface area (Å²) in [6.07, 6.45) is 3.84. The molecule has 0 N–H and O–H groups in total. The fourth-order valence-corrected chi connectivity index (χ4v) is 9.80. The molecule has 8 aromatic carbocycles. The summed E-state index contributed by atoms with van der Waals surface area (Å²) in [4.78, 5) is 15.2. The summed E-state index contributed by atoms with van der Waals surface area (Å²) in [5.74, 6) is 0.670. The third-order valence-corrected chi connectivity index (χ3v) is 13.0. The molecule has 302 valence electrons. The number of para-hydroxylation sites is 1. The lowest BCUT2D eigenvalue weighted by molar-refractivity contribution is 0.660. The van der Waals surface area contributed by atoms with Crippen LogP contribution in [0.2, 0.25) is 0 Å². The van der Waals surface area contributed by atoms with Crippen molar-refractivity contribution in [1.29, 1.82) is 0 Å². The minimum absolute atomic E-state index is 0.132. The van der Waals surface area contributed by atoms with Gasteiger partial charge in [0.2, 0.25) is 0 Å². The molecule has 0 amide bonds. The van der Waals surface area contributed by atoms with Gasteiger partial charge in [-0.05, 0) is 116 Å². The highest BCUT2D eigenvalue weighted by Gasteiger charge is 2.37. The van der Waals surface area contributed by atoms with E-state index in [0.29, 0.717) is 5.82 Å². The first-order chi connectivity index (χ1) is 31.5. The minimum atomic E-state index is -0.132. The molecule has 0 atom stereocenters.